The maximum Gasteiger partial charge on any atom is 0.346 e. The Kier molecular flexibility index (Phi) is 10.0. The fourth-order valence-corrected chi connectivity index (χ4v) is 5.40. The fraction of sp³-hybridized carbons (Fsp3) is 0.263. The Hall–Kier alpha value is -2.77. The molecule has 32 heavy (non-hydrogen) atoms. The highest BCUT2D eigenvalue weighted by atomic mass is 33.1. The van der Waals surface area contributed by atoms with Crippen molar-refractivity contribution in [1.29, 1.82) is 0 Å². The van der Waals surface area contributed by atoms with Crippen LogP contribution in [0.15, 0.2) is 50.1 Å². The summed E-state index contributed by atoms with van der Waals surface area (Å²) in [5.41, 5.74) is -0.967. The SMILES string of the molecule is COC(=O)/C(S)=C(C(=O)OC)/C(C(=O)OC)=C(\SS(=O)(=O)c1ccc(C)cc1)C(=O)OC. The van der Waals surface area contributed by atoms with Crippen molar-refractivity contribution in [3.05, 3.63) is 50.8 Å². The molecule has 0 fully saturated rings. The van der Waals surface area contributed by atoms with Crippen molar-refractivity contribution in [2.75, 3.05) is 28.4 Å². The molecule has 0 heterocycles. The first-order valence-corrected chi connectivity index (χ1v) is 11.7. The Balaban J connectivity index is 3.99. The quantitative estimate of drug-likeness (QED) is 0.138. The van der Waals surface area contributed by atoms with E-state index >= 15 is 0 Å². The summed E-state index contributed by atoms with van der Waals surface area (Å²) in [4.78, 5) is 47.8. The van der Waals surface area contributed by atoms with Gasteiger partial charge in [0, 0.05) is 10.8 Å². The van der Waals surface area contributed by atoms with E-state index in [0.717, 1.165) is 34.0 Å². The summed E-state index contributed by atoms with van der Waals surface area (Å²) in [7, 11) is -0.608. The molecule has 0 amide bonds. The summed E-state index contributed by atoms with van der Waals surface area (Å²) in [6, 6.07) is 5.64. The second-order valence-corrected chi connectivity index (χ2v) is 9.96. The van der Waals surface area contributed by atoms with Gasteiger partial charge in [-0.05, 0) is 19.1 Å². The van der Waals surface area contributed by atoms with Gasteiger partial charge in [-0.15, -0.1) is 12.6 Å². The van der Waals surface area contributed by atoms with Crippen LogP contribution in [-0.2, 0) is 47.0 Å². The zero-order chi connectivity index (χ0) is 24.6. The number of carbonyl (C=O) groups excluding carboxylic acids is 4. The van der Waals surface area contributed by atoms with Gasteiger partial charge in [0.05, 0.1) is 44.5 Å². The number of hydrogen-bond acceptors (Lipinski definition) is 12. The number of thiol groups is 1. The molecular formula is C19H20O10S3. The van der Waals surface area contributed by atoms with Crippen molar-refractivity contribution in [1.82, 2.24) is 0 Å². The Bertz CT molecular complexity index is 1080. The van der Waals surface area contributed by atoms with Crippen molar-refractivity contribution in [3.63, 3.8) is 0 Å². The van der Waals surface area contributed by atoms with Gasteiger partial charge in [-0.25, -0.2) is 27.6 Å². The second-order valence-electron chi connectivity index (χ2n) is 5.74. The van der Waals surface area contributed by atoms with Crippen LogP contribution in [0.4, 0.5) is 0 Å². The minimum absolute atomic E-state index is 0.0681. The number of esters is 4. The average molecular weight is 505 g/mol. The molecule has 0 spiro atoms. The van der Waals surface area contributed by atoms with Crippen molar-refractivity contribution < 1.29 is 46.5 Å². The first-order chi connectivity index (χ1) is 14.9. The Morgan fingerprint density at radius 1 is 0.750 bits per heavy atom. The molecule has 0 radical (unpaired) electrons. The predicted octanol–water partition coefficient (Wildman–Crippen LogP) is 1.55. The fourth-order valence-electron chi connectivity index (χ4n) is 2.16. The number of ether oxygens (including phenoxy) is 4. The molecule has 0 bridgehead atoms. The lowest BCUT2D eigenvalue weighted by Crippen LogP contribution is -2.23. The molecule has 0 aliphatic heterocycles. The maximum absolute atomic E-state index is 12.9. The number of methoxy groups -OCH3 is 4. The molecule has 0 atom stereocenters. The minimum atomic E-state index is -4.30. The van der Waals surface area contributed by atoms with Crippen molar-refractivity contribution in [2.24, 2.45) is 0 Å². The van der Waals surface area contributed by atoms with Crippen LogP contribution in [0.5, 0.6) is 0 Å². The molecule has 0 aliphatic carbocycles. The van der Waals surface area contributed by atoms with Gasteiger partial charge in [-0.1, -0.05) is 17.7 Å². The monoisotopic (exact) mass is 504 g/mol. The average Bonchev–Trinajstić information content (AvgIpc) is 2.78. The van der Waals surface area contributed by atoms with Crippen molar-refractivity contribution >= 4 is 56.2 Å². The van der Waals surface area contributed by atoms with Crippen LogP contribution in [0.2, 0.25) is 0 Å². The van der Waals surface area contributed by atoms with Gasteiger partial charge in [0.25, 0.3) is 0 Å². The van der Waals surface area contributed by atoms with Crippen LogP contribution in [0, 0.1) is 6.92 Å². The van der Waals surface area contributed by atoms with E-state index in [9.17, 15) is 27.6 Å². The van der Waals surface area contributed by atoms with Crippen LogP contribution in [-0.4, -0.2) is 60.7 Å². The lowest BCUT2D eigenvalue weighted by Gasteiger charge is -2.15. The summed E-state index contributed by atoms with van der Waals surface area (Å²) >= 11 is 3.90. The molecule has 0 N–H and O–H groups in total. The highest BCUT2D eigenvalue weighted by molar-refractivity contribution is 8.73. The summed E-state index contributed by atoms with van der Waals surface area (Å²) < 4.78 is 44.2. The maximum atomic E-state index is 12.9. The van der Waals surface area contributed by atoms with Crippen molar-refractivity contribution in [2.45, 2.75) is 11.8 Å². The Morgan fingerprint density at radius 2 is 1.19 bits per heavy atom. The van der Waals surface area contributed by atoms with E-state index in [4.69, 9.17) is 0 Å². The number of hydrogen-bond donors (Lipinski definition) is 1. The Labute approximate surface area is 193 Å². The number of carbonyl (C=O) groups is 4. The van der Waals surface area contributed by atoms with E-state index in [0.29, 0.717) is 0 Å². The molecule has 0 saturated carbocycles. The largest absolute Gasteiger partial charge is 0.465 e. The molecule has 1 rings (SSSR count). The molecule has 10 nitrogen and oxygen atoms in total. The molecule has 1 aromatic rings. The zero-order valence-corrected chi connectivity index (χ0v) is 20.2. The molecule has 0 unspecified atom stereocenters. The van der Waals surface area contributed by atoms with Gasteiger partial charge in [0.2, 0.25) is 8.87 Å². The molecular weight excluding hydrogens is 484 g/mol. The van der Waals surface area contributed by atoms with Crippen molar-refractivity contribution in [3.8, 4) is 0 Å². The van der Waals surface area contributed by atoms with E-state index in [2.05, 4.69) is 31.6 Å². The predicted molar refractivity (Wildman–Crippen MR) is 117 cm³/mol. The topological polar surface area (TPSA) is 139 Å². The summed E-state index contributed by atoms with van der Waals surface area (Å²) in [6.07, 6.45) is 0. The van der Waals surface area contributed by atoms with E-state index in [1.165, 1.54) is 24.3 Å². The van der Waals surface area contributed by atoms with E-state index in [1.807, 2.05) is 0 Å². The van der Waals surface area contributed by atoms with Gasteiger partial charge in [-0.3, -0.25) is 0 Å². The number of aryl methyl sites for hydroxylation is 1. The summed E-state index contributed by atoms with van der Waals surface area (Å²) in [5, 5.41) is 0. The van der Waals surface area contributed by atoms with E-state index in [-0.39, 0.29) is 15.7 Å². The third-order valence-electron chi connectivity index (χ3n) is 3.75. The minimum Gasteiger partial charge on any atom is -0.465 e. The molecule has 1 aromatic carbocycles. The summed E-state index contributed by atoms with van der Waals surface area (Å²) in [6.45, 7) is 1.74. The normalized spacial score (nSPS) is 12.7. The second kappa shape index (κ2) is 11.7. The van der Waals surface area contributed by atoms with Gasteiger partial charge >= 0.3 is 23.9 Å². The van der Waals surface area contributed by atoms with E-state index < -0.39 is 53.7 Å². The highest BCUT2D eigenvalue weighted by Gasteiger charge is 2.37. The van der Waals surface area contributed by atoms with Gasteiger partial charge in [0.1, 0.15) is 9.81 Å². The lowest BCUT2D eigenvalue weighted by molar-refractivity contribution is -0.141. The molecule has 13 heteroatoms. The van der Waals surface area contributed by atoms with Gasteiger partial charge in [-0.2, -0.15) is 0 Å². The zero-order valence-electron chi connectivity index (χ0n) is 17.7. The number of benzene rings is 1. The van der Waals surface area contributed by atoms with Gasteiger partial charge in [0.15, 0.2) is 0 Å². The van der Waals surface area contributed by atoms with E-state index in [1.54, 1.807) is 6.92 Å². The third kappa shape index (κ3) is 6.37. The molecule has 174 valence electrons. The Morgan fingerprint density at radius 3 is 1.62 bits per heavy atom. The van der Waals surface area contributed by atoms with Crippen LogP contribution in [0.1, 0.15) is 5.56 Å². The molecule has 0 aliphatic rings. The third-order valence-corrected chi connectivity index (χ3v) is 7.49. The van der Waals surface area contributed by atoms with Crippen LogP contribution < -0.4 is 0 Å². The smallest absolute Gasteiger partial charge is 0.346 e. The molecule has 0 saturated heterocycles. The summed E-state index contributed by atoms with van der Waals surface area (Å²) in [5.74, 6) is -5.06. The first-order valence-electron chi connectivity index (χ1n) is 8.47. The lowest BCUT2D eigenvalue weighted by atomic mass is 10.0. The van der Waals surface area contributed by atoms with Crippen LogP contribution in [0.25, 0.3) is 0 Å². The van der Waals surface area contributed by atoms with Crippen LogP contribution in [0.3, 0.4) is 0 Å². The highest BCUT2D eigenvalue weighted by Crippen LogP contribution is 2.37. The molecule has 0 aromatic heterocycles. The standard InChI is InChI=1S/C19H20O10S3/c1-10-6-8-11(9-7-10)32(24,25)31-15(19(23)29-5)13(17(21)27-3)12(16(20)26-2)14(30)18(22)28-4/h6-9,30H,1-5H3/b14-12+,15-13+. The van der Waals surface area contributed by atoms with Crippen LogP contribution >= 0.6 is 23.4 Å². The first kappa shape index (κ1) is 27.3. The van der Waals surface area contributed by atoms with Gasteiger partial charge < -0.3 is 18.9 Å². The number of rotatable bonds is 8.